The normalized spacial score (nSPS) is 17.8. The van der Waals surface area contributed by atoms with Crippen molar-refractivity contribution in [1.29, 1.82) is 0 Å². The summed E-state index contributed by atoms with van der Waals surface area (Å²) in [4.78, 5) is 4.83. The highest BCUT2D eigenvalue weighted by molar-refractivity contribution is 5.52. The molecule has 0 aromatic heterocycles. The number of nitrogens with zero attached hydrogens (tertiary/aromatic N) is 2. The molecule has 2 unspecified atom stereocenters. The molecule has 0 spiro atoms. The van der Waals surface area contributed by atoms with Gasteiger partial charge in [-0.25, -0.2) is 0 Å². The Labute approximate surface area is 278 Å². The average molecular weight is 639 g/mol. The van der Waals surface area contributed by atoms with E-state index in [0.29, 0.717) is 11.5 Å². The molecular formula is C39H46N2O6. The van der Waals surface area contributed by atoms with E-state index in [4.69, 9.17) is 28.4 Å². The van der Waals surface area contributed by atoms with Crippen LogP contribution in [0.5, 0.6) is 40.2 Å². The number of fused-ring (bicyclic) bond motifs is 2. The molecule has 47 heavy (non-hydrogen) atoms. The van der Waals surface area contributed by atoms with Gasteiger partial charge in [0, 0.05) is 25.2 Å². The van der Waals surface area contributed by atoms with Gasteiger partial charge in [0.2, 0.25) is 0 Å². The number of hydrogen-bond donors (Lipinski definition) is 0. The first kappa shape index (κ1) is 32.5. The van der Waals surface area contributed by atoms with E-state index in [9.17, 15) is 0 Å². The van der Waals surface area contributed by atoms with Gasteiger partial charge in [0.15, 0.2) is 34.5 Å². The van der Waals surface area contributed by atoms with Crippen LogP contribution >= 0.6 is 0 Å². The largest absolute Gasteiger partial charge is 0.493 e. The van der Waals surface area contributed by atoms with Crippen LogP contribution in [0.3, 0.4) is 0 Å². The molecule has 6 rings (SSSR count). The molecule has 4 aromatic carbocycles. The zero-order valence-corrected chi connectivity index (χ0v) is 28.6. The van der Waals surface area contributed by atoms with Crippen LogP contribution in [-0.4, -0.2) is 72.5 Å². The summed E-state index contributed by atoms with van der Waals surface area (Å²) in [6, 6.07) is 23.6. The molecule has 0 radical (unpaired) electrons. The predicted octanol–water partition coefficient (Wildman–Crippen LogP) is 7.07. The van der Waals surface area contributed by atoms with Gasteiger partial charge in [0.05, 0.1) is 35.5 Å². The number of rotatable bonds is 11. The first-order valence-corrected chi connectivity index (χ1v) is 16.2. The Kier molecular flexibility index (Phi) is 9.80. The molecule has 248 valence electrons. The first-order valence-electron chi connectivity index (χ1n) is 16.2. The Balaban J connectivity index is 1.24. The SMILES string of the molecule is COc1cc2c(cc1OC)C(Cc1cccc(Oc3cc(CC4c5cc(OC)c(OC)cc5CCN4C)ccc3OC)c1)N(C)CC2. The van der Waals surface area contributed by atoms with Crippen LogP contribution in [0.15, 0.2) is 66.7 Å². The van der Waals surface area contributed by atoms with Gasteiger partial charge in [-0.05, 0) is 122 Å². The first-order chi connectivity index (χ1) is 22.8. The van der Waals surface area contributed by atoms with E-state index in [2.05, 4.69) is 78.5 Å². The standard InChI is InChI=1S/C39H46N2O6/c1-40-15-13-27-21-35(43-4)37(45-6)23-30(27)32(40)18-25-9-8-10-29(17-25)47-39-20-26(11-12-34(39)42-3)19-33-31-24-38(46-7)36(44-5)22-28(31)14-16-41(33)2/h8-12,17,20-24,32-33H,13-16,18-19H2,1-7H3. The van der Waals surface area contributed by atoms with Crippen molar-refractivity contribution in [3.05, 3.63) is 100 Å². The number of methoxy groups -OCH3 is 5. The summed E-state index contributed by atoms with van der Waals surface area (Å²) in [7, 11) is 12.8. The van der Waals surface area contributed by atoms with Gasteiger partial charge in [-0.15, -0.1) is 0 Å². The summed E-state index contributed by atoms with van der Waals surface area (Å²) < 4.78 is 34.8. The average Bonchev–Trinajstić information content (AvgIpc) is 3.09. The molecule has 0 amide bonds. The highest BCUT2D eigenvalue weighted by Gasteiger charge is 2.29. The van der Waals surface area contributed by atoms with Gasteiger partial charge in [-0.3, -0.25) is 9.80 Å². The second-order valence-corrected chi connectivity index (χ2v) is 12.4. The van der Waals surface area contributed by atoms with E-state index in [-0.39, 0.29) is 12.1 Å². The van der Waals surface area contributed by atoms with Crippen LogP contribution in [0.25, 0.3) is 0 Å². The molecule has 8 heteroatoms. The molecule has 0 aliphatic carbocycles. The predicted molar refractivity (Wildman–Crippen MR) is 184 cm³/mol. The molecule has 0 saturated heterocycles. The van der Waals surface area contributed by atoms with Crippen molar-refractivity contribution in [2.45, 2.75) is 37.8 Å². The zero-order chi connectivity index (χ0) is 33.1. The molecule has 2 heterocycles. The van der Waals surface area contributed by atoms with Crippen molar-refractivity contribution in [2.75, 3.05) is 62.7 Å². The van der Waals surface area contributed by atoms with E-state index in [1.165, 1.54) is 33.4 Å². The van der Waals surface area contributed by atoms with Crippen LogP contribution in [-0.2, 0) is 25.7 Å². The third-order valence-electron chi connectivity index (χ3n) is 9.75. The molecule has 2 atom stereocenters. The van der Waals surface area contributed by atoms with Gasteiger partial charge in [0.1, 0.15) is 5.75 Å². The zero-order valence-electron chi connectivity index (χ0n) is 28.6. The highest BCUT2D eigenvalue weighted by atomic mass is 16.5. The summed E-state index contributed by atoms with van der Waals surface area (Å²) >= 11 is 0. The van der Waals surface area contributed by atoms with Crippen LogP contribution in [0.2, 0.25) is 0 Å². The maximum absolute atomic E-state index is 6.56. The number of ether oxygens (including phenoxy) is 6. The highest BCUT2D eigenvalue weighted by Crippen LogP contribution is 2.42. The monoisotopic (exact) mass is 638 g/mol. The Morgan fingerprint density at radius 2 is 1.02 bits per heavy atom. The van der Waals surface area contributed by atoms with Crippen molar-refractivity contribution in [1.82, 2.24) is 9.80 Å². The topological polar surface area (TPSA) is 61.9 Å². The summed E-state index contributed by atoms with van der Waals surface area (Å²) in [5, 5.41) is 0. The Hall–Kier alpha value is -4.40. The Bertz CT molecular complexity index is 1720. The van der Waals surface area contributed by atoms with Crippen molar-refractivity contribution in [3.63, 3.8) is 0 Å². The smallest absolute Gasteiger partial charge is 0.169 e. The number of benzene rings is 4. The molecule has 8 nitrogen and oxygen atoms in total. The lowest BCUT2D eigenvalue weighted by molar-refractivity contribution is 0.227. The molecule has 2 aliphatic rings. The fraction of sp³-hybridized carbons (Fsp3) is 0.385. The minimum Gasteiger partial charge on any atom is -0.493 e. The van der Waals surface area contributed by atoms with Crippen LogP contribution in [0, 0.1) is 0 Å². The second kappa shape index (κ2) is 14.2. The van der Waals surface area contributed by atoms with Gasteiger partial charge in [-0.2, -0.15) is 0 Å². The van der Waals surface area contributed by atoms with Crippen LogP contribution < -0.4 is 28.4 Å². The van der Waals surface area contributed by atoms with Gasteiger partial charge in [0.25, 0.3) is 0 Å². The number of likely N-dealkylation sites (N-methyl/N-ethyl adjacent to an activating group) is 2. The van der Waals surface area contributed by atoms with Gasteiger partial charge >= 0.3 is 0 Å². The fourth-order valence-corrected chi connectivity index (χ4v) is 7.08. The van der Waals surface area contributed by atoms with Crippen LogP contribution in [0.4, 0.5) is 0 Å². The third kappa shape index (κ3) is 6.71. The molecule has 0 N–H and O–H groups in total. The van der Waals surface area contributed by atoms with Crippen LogP contribution in [0.1, 0.15) is 45.5 Å². The summed E-state index contributed by atoms with van der Waals surface area (Å²) in [5.74, 6) is 5.25. The van der Waals surface area contributed by atoms with E-state index in [1.807, 2.05) is 12.1 Å². The fourth-order valence-electron chi connectivity index (χ4n) is 7.08. The number of hydrogen-bond acceptors (Lipinski definition) is 8. The minimum absolute atomic E-state index is 0.192. The molecule has 0 saturated carbocycles. The summed E-state index contributed by atoms with van der Waals surface area (Å²) in [6.45, 7) is 1.95. The minimum atomic E-state index is 0.192. The Morgan fingerprint density at radius 3 is 1.53 bits per heavy atom. The lowest BCUT2D eigenvalue weighted by Gasteiger charge is -2.35. The summed E-state index contributed by atoms with van der Waals surface area (Å²) in [6.07, 6.45) is 3.61. The molecule has 0 fully saturated rings. The van der Waals surface area contributed by atoms with Gasteiger partial charge < -0.3 is 28.4 Å². The van der Waals surface area contributed by atoms with Crippen molar-refractivity contribution in [3.8, 4) is 40.2 Å². The van der Waals surface area contributed by atoms with Crippen molar-refractivity contribution in [2.24, 2.45) is 0 Å². The molecule has 0 bridgehead atoms. The maximum Gasteiger partial charge on any atom is 0.169 e. The third-order valence-corrected chi connectivity index (χ3v) is 9.75. The maximum atomic E-state index is 6.56. The Morgan fingerprint density at radius 1 is 0.532 bits per heavy atom. The van der Waals surface area contributed by atoms with E-state index < -0.39 is 0 Å². The second-order valence-electron chi connectivity index (χ2n) is 12.4. The lowest BCUT2D eigenvalue weighted by atomic mass is 9.88. The van der Waals surface area contributed by atoms with Crippen molar-refractivity contribution < 1.29 is 28.4 Å². The molecular weight excluding hydrogens is 592 g/mol. The molecule has 2 aliphatic heterocycles. The van der Waals surface area contributed by atoms with Gasteiger partial charge in [-0.1, -0.05) is 18.2 Å². The van der Waals surface area contributed by atoms with E-state index in [1.54, 1.807) is 35.5 Å². The molecule has 4 aromatic rings. The van der Waals surface area contributed by atoms with Crippen molar-refractivity contribution >= 4 is 0 Å². The lowest BCUT2D eigenvalue weighted by Crippen LogP contribution is -2.33. The summed E-state index contributed by atoms with van der Waals surface area (Å²) in [5.41, 5.74) is 7.53. The van der Waals surface area contributed by atoms with E-state index >= 15 is 0 Å². The van der Waals surface area contributed by atoms with E-state index in [0.717, 1.165) is 67.5 Å². The quantitative estimate of drug-likeness (QED) is 0.173.